The number of anilines is 6. The number of urea groups is 2. The summed E-state index contributed by atoms with van der Waals surface area (Å²) in [5, 5.41) is 5.92. The lowest BCUT2D eigenvalue weighted by atomic mass is 9.99. The van der Waals surface area contributed by atoms with Gasteiger partial charge in [0.1, 0.15) is 0 Å². The van der Waals surface area contributed by atoms with Gasteiger partial charge in [0.05, 0.1) is 52.3 Å². The lowest BCUT2D eigenvalue weighted by Crippen LogP contribution is -2.56. The Labute approximate surface area is 363 Å². The molecule has 4 aliphatic heterocycles. The van der Waals surface area contributed by atoms with Crippen LogP contribution in [0, 0.1) is 6.92 Å². The number of aryl methyl sites for hydroxylation is 1. The number of alkyl halides is 3. The molecular weight excluding hydrogens is 806 g/mol. The third-order valence-corrected chi connectivity index (χ3v) is 12.0. The van der Waals surface area contributed by atoms with E-state index in [9.17, 15) is 22.8 Å². The van der Waals surface area contributed by atoms with E-state index in [2.05, 4.69) is 67.7 Å². The molecule has 2 fully saturated rings. The van der Waals surface area contributed by atoms with Crippen molar-refractivity contribution in [1.82, 2.24) is 15.0 Å². The van der Waals surface area contributed by atoms with Crippen molar-refractivity contribution in [3.63, 3.8) is 0 Å². The second-order valence-corrected chi connectivity index (χ2v) is 16.3. The van der Waals surface area contributed by atoms with Crippen molar-refractivity contribution in [3.05, 3.63) is 138 Å². The fourth-order valence-corrected chi connectivity index (χ4v) is 8.88. The number of carbonyl (C=O) groups is 2. The molecule has 12 nitrogen and oxygen atoms in total. The number of hydrogen-bond acceptors (Lipinski definition) is 8. The molecule has 10 rings (SSSR count). The summed E-state index contributed by atoms with van der Waals surface area (Å²) in [4.78, 5) is 48.4. The molecule has 3 aromatic heterocycles. The largest absolute Gasteiger partial charge is 0.416 e. The summed E-state index contributed by atoms with van der Waals surface area (Å²) in [7, 11) is 0. The Kier molecular flexibility index (Phi) is 11.4. The number of pyridine rings is 3. The highest BCUT2D eigenvalue weighted by Crippen LogP contribution is 2.42. The molecule has 4 aliphatic rings. The highest BCUT2D eigenvalue weighted by molar-refractivity contribution is 6.05. The summed E-state index contributed by atoms with van der Waals surface area (Å²) in [5.41, 5.74) is 13.0. The van der Waals surface area contributed by atoms with Crippen molar-refractivity contribution >= 4 is 46.4 Å². The summed E-state index contributed by atoms with van der Waals surface area (Å²) >= 11 is 0. The van der Waals surface area contributed by atoms with Crippen LogP contribution in [-0.2, 0) is 12.7 Å². The van der Waals surface area contributed by atoms with E-state index < -0.39 is 11.7 Å². The quantitative estimate of drug-likeness (QED) is 0.156. The first-order chi connectivity index (χ1) is 30.5. The maximum Gasteiger partial charge on any atom is 0.416 e. The average Bonchev–Trinajstić information content (AvgIpc) is 3.29. The summed E-state index contributed by atoms with van der Waals surface area (Å²) < 4.78 is 39.6. The Bertz CT molecular complexity index is 2630. The molecule has 0 spiro atoms. The van der Waals surface area contributed by atoms with E-state index in [-0.39, 0.29) is 24.1 Å². The number of rotatable bonds is 5. The zero-order valence-electron chi connectivity index (χ0n) is 34.7. The van der Waals surface area contributed by atoms with E-state index in [0.29, 0.717) is 35.9 Å². The van der Waals surface area contributed by atoms with Crippen molar-refractivity contribution in [2.24, 2.45) is 5.73 Å². The summed E-state index contributed by atoms with van der Waals surface area (Å²) in [6.45, 7) is 5.96. The number of benzene rings is 3. The summed E-state index contributed by atoms with van der Waals surface area (Å²) in [6, 6.07) is 31.8. The number of piperidine rings is 2. The molecule has 4 N–H and O–H groups in total. The lowest BCUT2D eigenvalue weighted by molar-refractivity contribution is -0.137. The van der Waals surface area contributed by atoms with E-state index in [4.69, 9.17) is 10.7 Å². The lowest BCUT2D eigenvalue weighted by Gasteiger charge is -2.45. The summed E-state index contributed by atoms with van der Waals surface area (Å²) in [5.74, 6) is 1.20. The van der Waals surface area contributed by atoms with E-state index in [1.54, 1.807) is 41.6 Å². The first-order valence-electron chi connectivity index (χ1n) is 21.2. The van der Waals surface area contributed by atoms with Gasteiger partial charge in [-0.05, 0) is 105 Å². The van der Waals surface area contributed by atoms with Crippen molar-refractivity contribution in [2.75, 3.05) is 56.4 Å². The van der Waals surface area contributed by atoms with Gasteiger partial charge in [0.25, 0.3) is 0 Å². The molecule has 2 atom stereocenters. The molecule has 0 saturated carbocycles. The number of nitrogens with one attached hydrogen (secondary N) is 2. The molecule has 7 heterocycles. The molecule has 0 unspecified atom stereocenters. The minimum atomic E-state index is -4.44. The number of nitrogens with two attached hydrogens (primary N) is 1. The molecule has 4 bridgehead atoms. The third kappa shape index (κ3) is 8.73. The molecule has 15 heteroatoms. The number of fused-ring (bicyclic) bond motifs is 8. The van der Waals surface area contributed by atoms with Crippen LogP contribution in [0.15, 0.2) is 122 Å². The van der Waals surface area contributed by atoms with Crippen molar-refractivity contribution < 1.29 is 22.8 Å². The Balaban J connectivity index is 0.000000160. The van der Waals surface area contributed by atoms with Gasteiger partial charge in [0.2, 0.25) is 0 Å². The molecule has 2 saturated heterocycles. The van der Waals surface area contributed by atoms with Crippen molar-refractivity contribution in [2.45, 2.75) is 57.4 Å². The van der Waals surface area contributed by atoms with Crippen LogP contribution in [-0.4, -0.2) is 65.3 Å². The van der Waals surface area contributed by atoms with E-state index in [0.717, 1.165) is 97.2 Å². The highest BCUT2D eigenvalue weighted by atomic mass is 19.4. The van der Waals surface area contributed by atoms with Gasteiger partial charge in [-0.25, -0.2) is 19.6 Å². The Morgan fingerprint density at radius 2 is 1.27 bits per heavy atom. The topological polar surface area (TPSA) is 136 Å². The third-order valence-electron chi connectivity index (χ3n) is 12.0. The van der Waals surface area contributed by atoms with Gasteiger partial charge in [0, 0.05) is 55.7 Å². The Morgan fingerprint density at radius 3 is 1.81 bits per heavy atom. The maximum atomic E-state index is 13.4. The van der Waals surface area contributed by atoms with Crippen LogP contribution in [0.1, 0.15) is 42.4 Å². The van der Waals surface area contributed by atoms with Gasteiger partial charge in [-0.15, -0.1) is 0 Å². The number of carbonyl (C=O) groups excluding carboxylic acids is 2. The first-order valence-corrected chi connectivity index (χ1v) is 21.2. The van der Waals surface area contributed by atoms with Crippen LogP contribution in [0.2, 0.25) is 0 Å². The molecule has 0 aliphatic carbocycles. The number of hydrogen-bond donors (Lipinski definition) is 3. The normalized spacial score (nSPS) is 17.5. The minimum Gasteiger partial charge on any atom is -0.366 e. The highest BCUT2D eigenvalue weighted by Gasteiger charge is 2.40. The van der Waals surface area contributed by atoms with Gasteiger partial charge in [-0.3, -0.25) is 14.8 Å². The SMILES string of the molecule is Cc1cccc(-c2ccc3c(n2)N(C(=O)Nc2ccc(CN)cc2)[C@H]2CCCN3C2)c1.O=C(Nc1cccnc1)N1c2nc(-c3cccc(C(F)(F)F)c3)ccc2N2CCC[C@H]1C2. The molecule has 4 amide bonds. The second kappa shape index (κ2) is 17.4. The predicted molar refractivity (Wildman–Crippen MR) is 241 cm³/mol. The number of nitrogens with zero attached hydrogens (tertiary/aromatic N) is 7. The van der Waals surface area contributed by atoms with E-state index in [1.165, 1.54) is 11.6 Å². The summed E-state index contributed by atoms with van der Waals surface area (Å²) in [6.07, 6.45) is 2.55. The standard InChI is InChI=1S/C25H27N5O.C23H20F3N5O/c1-17-4-2-5-19(14-17)22-11-12-23-24(28-22)30(21-6-3-13-29(23)16-21)25(31)27-20-9-7-18(15-26)8-10-20;24-23(25,26)16-5-1-4-15(12-16)19-8-9-20-21(29-19)31(18-7-3-11-30(20)14-18)22(32)28-17-6-2-10-27-13-17/h2,4-5,7-12,14,21H,3,6,13,15-16,26H2,1H3,(H,27,31);1-2,4-6,8-10,12-13,18H,3,7,11,14H2,(H,28,32)/t21-;18-/m00/s1. The fraction of sp³-hybridized carbons (Fsp3) is 0.271. The predicted octanol–water partition coefficient (Wildman–Crippen LogP) is 9.72. The monoisotopic (exact) mass is 852 g/mol. The van der Waals surface area contributed by atoms with Crippen LogP contribution in [0.5, 0.6) is 0 Å². The van der Waals surface area contributed by atoms with Gasteiger partial charge in [0.15, 0.2) is 11.6 Å². The Morgan fingerprint density at radius 1 is 0.698 bits per heavy atom. The first kappa shape index (κ1) is 41.4. The Hall–Kier alpha value is -7.00. The van der Waals surface area contributed by atoms with Crippen molar-refractivity contribution in [3.8, 4) is 22.5 Å². The molecule has 0 radical (unpaired) electrons. The smallest absolute Gasteiger partial charge is 0.366 e. The molecule has 63 heavy (non-hydrogen) atoms. The van der Waals surface area contributed by atoms with Gasteiger partial charge in [-0.1, -0.05) is 48.0 Å². The zero-order chi connectivity index (χ0) is 43.7. The van der Waals surface area contributed by atoms with Crippen LogP contribution in [0.25, 0.3) is 22.5 Å². The minimum absolute atomic E-state index is 0.0721. The van der Waals surface area contributed by atoms with Crippen molar-refractivity contribution in [1.29, 1.82) is 0 Å². The fourth-order valence-electron chi connectivity index (χ4n) is 8.88. The van der Waals surface area contributed by atoms with Gasteiger partial charge >= 0.3 is 18.2 Å². The molecule has 322 valence electrons. The van der Waals surface area contributed by atoms with Crippen LogP contribution < -0.4 is 36.0 Å². The number of aromatic nitrogens is 3. The molecule has 6 aromatic rings. The maximum absolute atomic E-state index is 13.4. The zero-order valence-corrected chi connectivity index (χ0v) is 34.7. The molecule has 3 aromatic carbocycles. The van der Waals surface area contributed by atoms with E-state index in [1.807, 2.05) is 41.3 Å². The van der Waals surface area contributed by atoms with Crippen LogP contribution in [0.4, 0.5) is 57.1 Å². The number of halogens is 3. The number of amides is 4. The molecular formula is C48H47F3N10O2. The van der Waals surface area contributed by atoms with Crippen LogP contribution >= 0.6 is 0 Å². The second-order valence-electron chi connectivity index (χ2n) is 16.3. The van der Waals surface area contributed by atoms with Crippen LogP contribution in [0.3, 0.4) is 0 Å². The van der Waals surface area contributed by atoms with Gasteiger partial charge < -0.3 is 26.2 Å². The van der Waals surface area contributed by atoms with Gasteiger partial charge in [-0.2, -0.15) is 13.2 Å². The average molecular weight is 853 g/mol. The van der Waals surface area contributed by atoms with E-state index >= 15 is 0 Å².